The predicted molar refractivity (Wildman–Crippen MR) is 60.7 cm³/mol. The Bertz CT molecular complexity index is 440. The van der Waals surface area contributed by atoms with Crippen molar-refractivity contribution >= 4 is 11.9 Å². The number of ether oxygens (including phenoxy) is 1. The average Bonchev–Trinajstić information content (AvgIpc) is 2.56. The molecule has 1 atom stereocenters. The number of aliphatic imine (C=N–C) groups is 1. The van der Waals surface area contributed by atoms with Gasteiger partial charge >= 0.3 is 0 Å². The second-order valence-corrected chi connectivity index (χ2v) is 4.11. The minimum Gasteiger partial charge on any atom is -0.443 e. The normalized spacial score (nSPS) is 24.4. The third kappa shape index (κ3) is 1.38. The third-order valence-corrected chi connectivity index (χ3v) is 2.81. The molecule has 2 rings (SSSR count). The van der Waals surface area contributed by atoms with Gasteiger partial charge in [-0.1, -0.05) is 44.2 Å². The fourth-order valence-electron chi connectivity index (χ4n) is 1.98. The van der Waals surface area contributed by atoms with E-state index < -0.39 is 5.60 Å². The summed E-state index contributed by atoms with van der Waals surface area (Å²) in [5, 5.41) is 0. The lowest BCUT2D eigenvalue weighted by Gasteiger charge is -2.30. The number of amides is 1. The van der Waals surface area contributed by atoms with Crippen molar-refractivity contribution in [1.82, 2.24) is 0 Å². The lowest BCUT2D eigenvalue weighted by molar-refractivity contribution is -0.135. The van der Waals surface area contributed by atoms with E-state index in [9.17, 15) is 4.79 Å². The second-order valence-electron chi connectivity index (χ2n) is 4.11. The van der Waals surface area contributed by atoms with Crippen molar-refractivity contribution < 1.29 is 9.53 Å². The first-order chi connectivity index (χ1) is 7.57. The fourth-order valence-corrected chi connectivity index (χ4v) is 1.98. The first kappa shape index (κ1) is 10.7. The van der Waals surface area contributed by atoms with Gasteiger partial charge in [0.2, 0.25) is 5.60 Å². The molecule has 4 nitrogen and oxygen atoms in total. The summed E-state index contributed by atoms with van der Waals surface area (Å²) in [4.78, 5) is 15.6. The minimum absolute atomic E-state index is 0.0350. The van der Waals surface area contributed by atoms with Crippen LogP contribution in [-0.4, -0.2) is 11.9 Å². The maximum Gasteiger partial charge on any atom is 0.299 e. The van der Waals surface area contributed by atoms with E-state index in [0.717, 1.165) is 5.56 Å². The molecule has 0 saturated heterocycles. The number of carbonyl (C=O) groups is 1. The Morgan fingerprint density at radius 2 is 1.94 bits per heavy atom. The molecule has 0 aromatic heterocycles. The highest BCUT2D eigenvalue weighted by Gasteiger charge is 2.50. The monoisotopic (exact) mass is 218 g/mol. The van der Waals surface area contributed by atoms with Crippen LogP contribution < -0.4 is 5.73 Å². The van der Waals surface area contributed by atoms with Crippen molar-refractivity contribution in [2.75, 3.05) is 0 Å². The number of nitrogens with two attached hydrogens (primary N) is 1. The maximum absolute atomic E-state index is 12.0. The topological polar surface area (TPSA) is 64.7 Å². The van der Waals surface area contributed by atoms with Crippen LogP contribution >= 0.6 is 0 Å². The lowest BCUT2D eigenvalue weighted by atomic mass is 9.83. The molecule has 1 aliphatic rings. The summed E-state index contributed by atoms with van der Waals surface area (Å²) < 4.78 is 5.49. The molecule has 0 spiro atoms. The molecule has 1 aromatic rings. The van der Waals surface area contributed by atoms with Gasteiger partial charge in [0, 0.05) is 11.5 Å². The summed E-state index contributed by atoms with van der Waals surface area (Å²) in [5.74, 6) is -0.363. The van der Waals surface area contributed by atoms with E-state index >= 15 is 0 Å². The molecule has 0 fully saturated rings. The average molecular weight is 218 g/mol. The van der Waals surface area contributed by atoms with Crippen LogP contribution in [0.5, 0.6) is 0 Å². The second kappa shape index (κ2) is 3.63. The summed E-state index contributed by atoms with van der Waals surface area (Å²) in [6.07, 6.45) is 0. The van der Waals surface area contributed by atoms with Crippen LogP contribution in [0.25, 0.3) is 0 Å². The van der Waals surface area contributed by atoms with Crippen LogP contribution in [0.2, 0.25) is 0 Å². The number of nitrogens with zero attached hydrogens (tertiary/aromatic N) is 1. The molecule has 84 valence electrons. The van der Waals surface area contributed by atoms with Crippen LogP contribution in [0.1, 0.15) is 19.4 Å². The van der Waals surface area contributed by atoms with Gasteiger partial charge in [-0.2, -0.15) is 4.99 Å². The van der Waals surface area contributed by atoms with Gasteiger partial charge < -0.3 is 10.5 Å². The molecule has 0 saturated carbocycles. The summed E-state index contributed by atoms with van der Waals surface area (Å²) >= 11 is 0. The molecule has 2 N–H and O–H groups in total. The quantitative estimate of drug-likeness (QED) is 0.816. The number of carbonyl (C=O) groups excluding carboxylic acids is 1. The van der Waals surface area contributed by atoms with E-state index in [1.165, 1.54) is 0 Å². The molecular weight excluding hydrogens is 204 g/mol. The first-order valence-corrected chi connectivity index (χ1v) is 5.20. The largest absolute Gasteiger partial charge is 0.443 e. The molecule has 1 aromatic carbocycles. The van der Waals surface area contributed by atoms with Gasteiger partial charge in [-0.3, -0.25) is 4.79 Å². The number of amidine groups is 1. The minimum atomic E-state index is -1.05. The van der Waals surface area contributed by atoms with Crippen LogP contribution in [0.15, 0.2) is 35.3 Å². The van der Waals surface area contributed by atoms with Crippen molar-refractivity contribution in [1.29, 1.82) is 0 Å². The summed E-state index contributed by atoms with van der Waals surface area (Å²) in [5.41, 5.74) is 5.22. The zero-order valence-electron chi connectivity index (χ0n) is 9.31. The fraction of sp³-hybridized carbons (Fsp3) is 0.333. The van der Waals surface area contributed by atoms with Gasteiger partial charge in [-0.25, -0.2) is 0 Å². The standard InChI is InChI=1S/C12H14N2O2/c1-8(2)12(9-6-4-3-5-7-9)10(15)14-11(13)16-12/h3-8H,1-2H3,(H2,13,14,15). The van der Waals surface area contributed by atoms with Gasteiger partial charge in [0.25, 0.3) is 11.9 Å². The van der Waals surface area contributed by atoms with E-state index in [1.54, 1.807) is 0 Å². The molecule has 0 aliphatic carbocycles. The van der Waals surface area contributed by atoms with Crippen molar-refractivity contribution in [3.05, 3.63) is 35.9 Å². The summed E-state index contributed by atoms with van der Waals surface area (Å²) in [7, 11) is 0. The van der Waals surface area contributed by atoms with E-state index in [1.807, 2.05) is 44.2 Å². The van der Waals surface area contributed by atoms with E-state index in [2.05, 4.69) is 4.99 Å². The van der Waals surface area contributed by atoms with E-state index in [-0.39, 0.29) is 17.8 Å². The smallest absolute Gasteiger partial charge is 0.299 e. The Labute approximate surface area is 94.1 Å². The number of hydrogen-bond donors (Lipinski definition) is 1. The molecule has 1 unspecified atom stereocenters. The predicted octanol–water partition coefficient (Wildman–Crippen LogP) is 1.41. The van der Waals surface area contributed by atoms with Crippen LogP contribution in [0, 0.1) is 5.92 Å². The molecule has 0 radical (unpaired) electrons. The highest BCUT2D eigenvalue weighted by atomic mass is 16.5. The number of benzene rings is 1. The molecule has 1 heterocycles. The van der Waals surface area contributed by atoms with Gasteiger partial charge in [-0.15, -0.1) is 0 Å². The molecule has 1 amide bonds. The molecule has 16 heavy (non-hydrogen) atoms. The van der Waals surface area contributed by atoms with Crippen LogP contribution in [0.3, 0.4) is 0 Å². The highest BCUT2D eigenvalue weighted by Crippen LogP contribution is 2.38. The van der Waals surface area contributed by atoms with E-state index in [4.69, 9.17) is 10.5 Å². The van der Waals surface area contributed by atoms with Crippen molar-refractivity contribution in [3.63, 3.8) is 0 Å². The third-order valence-electron chi connectivity index (χ3n) is 2.81. The first-order valence-electron chi connectivity index (χ1n) is 5.20. The Kier molecular flexibility index (Phi) is 2.42. The van der Waals surface area contributed by atoms with Gasteiger partial charge in [0.15, 0.2) is 0 Å². The van der Waals surface area contributed by atoms with Crippen LogP contribution in [0.4, 0.5) is 0 Å². The Balaban J connectivity index is 2.51. The van der Waals surface area contributed by atoms with Crippen LogP contribution in [-0.2, 0) is 15.1 Å². The zero-order chi connectivity index (χ0) is 11.8. The Morgan fingerprint density at radius 3 is 2.38 bits per heavy atom. The number of rotatable bonds is 2. The molecule has 1 aliphatic heterocycles. The summed E-state index contributed by atoms with van der Waals surface area (Å²) in [6.45, 7) is 3.83. The van der Waals surface area contributed by atoms with Gasteiger partial charge in [-0.05, 0) is 0 Å². The molecule has 0 bridgehead atoms. The lowest BCUT2D eigenvalue weighted by Crippen LogP contribution is -2.40. The Hall–Kier alpha value is -1.84. The number of hydrogen-bond acceptors (Lipinski definition) is 3. The molecular formula is C12H14N2O2. The Morgan fingerprint density at radius 1 is 1.31 bits per heavy atom. The van der Waals surface area contributed by atoms with Crippen molar-refractivity contribution in [2.45, 2.75) is 19.4 Å². The summed E-state index contributed by atoms with van der Waals surface area (Å²) in [6, 6.07) is 9.27. The zero-order valence-corrected chi connectivity index (χ0v) is 9.31. The van der Waals surface area contributed by atoms with E-state index in [0.29, 0.717) is 0 Å². The van der Waals surface area contributed by atoms with Crippen molar-refractivity contribution in [3.8, 4) is 0 Å². The van der Waals surface area contributed by atoms with Gasteiger partial charge in [0.1, 0.15) is 0 Å². The molecule has 4 heteroatoms. The highest BCUT2D eigenvalue weighted by molar-refractivity contribution is 6.01. The van der Waals surface area contributed by atoms with Crippen molar-refractivity contribution in [2.24, 2.45) is 16.6 Å². The van der Waals surface area contributed by atoms with Gasteiger partial charge in [0.05, 0.1) is 0 Å². The SMILES string of the molecule is CC(C)C1(c2ccccc2)OC(N)=NC1=O. The maximum atomic E-state index is 12.0.